The maximum absolute atomic E-state index is 12.4. The molecule has 114 valence electrons. The summed E-state index contributed by atoms with van der Waals surface area (Å²) in [5.74, 6) is 0.878. The molecule has 6 nitrogen and oxygen atoms in total. The molecule has 0 radical (unpaired) electrons. The summed E-state index contributed by atoms with van der Waals surface area (Å²) >= 11 is 0. The minimum Gasteiger partial charge on any atom is -0.464 e. The van der Waals surface area contributed by atoms with Crippen LogP contribution < -0.4 is 10.5 Å². The Balaban J connectivity index is 2.12. The van der Waals surface area contributed by atoms with E-state index in [1.807, 2.05) is 0 Å². The van der Waals surface area contributed by atoms with Gasteiger partial charge in [-0.1, -0.05) is 6.92 Å². The van der Waals surface area contributed by atoms with Crippen LogP contribution in [0.25, 0.3) is 0 Å². The smallest absolute Gasteiger partial charge is 0.244 e. The molecule has 0 bridgehead atoms. The highest BCUT2D eigenvalue weighted by atomic mass is 32.2. The zero-order valence-corrected chi connectivity index (χ0v) is 12.9. The van der Waals surface area contributed by atoms with Gasteiger partial charge in [0, 0.05) is 18.7 Å². The van der Waals surface area contributed by atoms with Crippen LogP contribution in [0.1, 0.15) is 31.3 Å². The van der Waals surface area contributed by atoms with Crippen molar-refractivity contribution in [2.45, 2.75) is 44.2 Å². The molecule has 1 unspecified atom stereocenters. The van der Waals surface area contributed by atoms with E-state index in [0.29, 0.717) is 11.5 Å². The van der Waals surface area contributed by atoms with E-state index < -0.39 is 10.0 Å². The van der Waals surface area contributed by atoms with Crippen LogP contribution in [0.15, 0.2) is 15.4 Å². The molecular weight excluding hydrogens is 278 g/mol. The molecule has 1 aliphatic rings. The van der Waals surface area contributed by atoms with Crippen molar-refractivity contribution < 1.29 is 12.8 Å². The Morgan fingerprint density at radius 1 is 1.55 bits per heavy atom. The van der Waals surface area contributed by atoms with E-state index >= 15 is 0 Å². The fraction of sp³-hybridized carbons (Fsp3) is 0.692. The van der Waals surface area contributed by atoms with E-state index in [2.05, 4.69) is 16.5 Å². The number of piperidine rings is 1. The first-order valence-electron chi connectivity index (χ1n) is 7.00. The number of likely N-dealkylation sites (N-methyl/N-ethyl adjacent to an activating group) is 1. The van der Waals surface area contributed by atoms with Crippen molar-refractivity contribution in [1.29, 1.82) is 0 Å². The van der Waals surface area contributed by atoms with Gasteiger partial charge in [-0.25, -0.2) is 13.1 Å². The monoisotopic (exact) mass is 301 g/mol. The van der Waals surface area contributed by atoms with E-state index in [1.54, 1.807) is 6.92 Å². The standard InChI is InChI=1S/C13H23N3O3S/c1-3-16-6-4-5-11(9-16)15-20(17,18)13-7-12(8-14)19-10(13)2/h7,11,15H,3-6,8-9,14H2,1-2H3. The molecule has 1 saturated heterocycles. The van der Waals surface area contributed by atoms with Crippen molar-refractivity contribution in [3.05, 3.63) is 17.6 Å². The average Bonchev–Trinajstić information content (AvgIpc) is 2.80. The van der Waals surface area contributed by atoms with Gasteiger partial charge in [0.05, 0.1) is 6.54 Å². The van der Waals surface area contributed by atoms with Crippen molar-refractivity contribution in [2.75, 3.05) is 19.6 Å². The van der Waals surface area contributed by atoms with Crippen molar-refractivity contribution in [1.82, 2.24) is 9.62 Å². The molecule has 7 heteroatoms. The van der Waals surface area contributed by atoms with E-state index in [4.69, 9.17) is 10.2 Å². The van der Waals surface area contributed by atoms with Crippen molar-refractivity contribution in [2.24, 2.45) is 5.73 Å². The molecule has 1 atom stereocenters. The number of sulfonamides is 1. The van der Waals surface area contributed by atoms with Crippen molar-refractivity contribution in [3.8, 4) is 0 Å². The van der Waals surface area contributed by atoms with E-state index in [0.717, 1.165) is 32.5 Å². The van der Waals surface area contributed by atoms with Gasteiger partial charge in [0.1, 0.15) is 16.4 Å². The number of nitrogens with one attached hydrogen (secondary N) is 1. The van der Waals surface area contributed by atoms with Crippen LogP contribution in [0.2, 0.25) is 0 Å². The summed E-state index contributed by atoms with van der Waals surface area (Å²) in [6, 6.07) is 1.47. The molecule has 0 aromatic carbocycles. The molecule has 0 spiro atoms. The third-order valence-corrected chi connectivity index (χ3v) is 5.32. The van der Waals surface area contributed by atoms with Gasteiger partial charge in [0.25, 0.3) is 0 Å². The molecule has 1 fully saturated rings. The van der Waals surface area contributed by atoms with Crippen LogP contribution in [0.5, 0.6) is 0 Å². The predicted molar refractivity (Wildman–Crippen MR) is 76.8 cm³/mol. The van der Waals surface area contributed by atoms with Gasteiger partial charge >= 0.3 is 0 Å². The summed E-state index contributed by atoms with van der Waals surface area (Å²) < 4.78 is 32.9. The number of nitrogens with two attached hydrogens (primary N) is 1. The molecule has 1 aromatic rings. The molecule has 20 heavy (non-hydrogen) atoms. The molecule has 0 aliphatic carbocycles. The van der Waals surface area contributed by atoms with Gasteiger partial charge in [0.15, 0.2) is 0 Å². The van der Waals surface area contributed by atoms with Crippen LogP contribution in [-0.2, 0) is 16.6 Å². The maximum Gasteiger partial charge on any atom is 0.244 e. The lowest BCUT2D eigenvalue weighted by Gasteiger charge is -2.31. The first kappa shape index (κ1) is 15.5. The van der Waals surface area contributed by atoms with Crippen LogP contribution in [0, 0.1) is 6.92 Å². The normalized spacial score (nSPS) is 21.2. The fourth-order valence-electron chi connectivity index (χ4n) is 2.61. The Morgan fingerprint density at radius 3 is 2.90 bits per heavy atom. The highest BCUT2D eigenvalue weighted by molar-refractivity contribution is 7.89. The summed E-state index contributed by atoms with van der Waals surface area (Å²) in [6.07, 6.45) is 1.88. The minimum atomic E-state index is -3.54. The molecule has 2 heterocycles. The summed E-state index contributed by atoms with van der Waals surface area (Å²) in [5.41, 5.74) is 5.48. The number of nitrogens with zero attached hydrogens (tertiary/aromatic N) is 1. The predicted octanol–water partition coefficient (Wildman–Crippen LogP) is 0.809. The second-order valence-electron chi connectivity index (χ2n) is 5.19. The van der Waals surface area contributed by atoms with E-state index in [-0.39, 0.29) is 17.5 Å². The van der Waals surface area contributed by atoms with E-state index in [9.17, 15) is 8.42 Å². The zero-order chi connectivity index (χ0) is 14.8. The van der Waals surface area contributed by atoms with E-state index in [1.165, 1.54) is 6.07 Å². The van der Waals surface area contributed by atoms with Crippen LogP contribution >= 0.6 is 0 Å². The van der Waals surface area contributed by atoms with Crippen LogP contribution in [0.4, 0.5) is 0 Å². The third-order valence-electron chi connectivity index (χ3n) is 3.69. The van der Waals surface area contributed by atoms with Crippen molar-refractivity contribution >= 4 is 10.0 Å². The maximum atomic E-state index is 12.4. The first-order chi connectivity index (χ1) is 9.46. The summed E-state index contributed by atoms with van der Waals surface area (Å²) in [5, 5.41) is 0. The second kappa shape index (κ2) is 6.26. The Hall–Kier alpha value is -0.890. The number of aryl methyl sites for hydroxylation is 1. The Labute approximate surface area is 120 Å². The third kappa shape index (κ3) is 3.41. The number of rotatable bonds is 5. The number of hydrogen-bond donors (Lipinski definition) is 2. The van der Waals surface area contributed by atoms with Gasteiger partial charge in [-0.2, -0.15) is 0 Å². The molecule has 0 saturated carbocycles. The Morgan fingerprint density at radius 2 is 2.30 bits per heavy atom. The zero-order valence-electron chi connectivity index (χ0n) is 12.1. The SMILES string of the molecule is CCN1CCCC(NS(=O)(=O)c2cc(CN)oc2C)C1. The van der Waals surface area contributed by atoms with Crippen molar-refractivity contribution in [3.63, 3.8) is 0 Å². The highest BCUT2D eigenvalue weighted by Gasteiger charge is 2.27. The Bertz CT molecular complexity index is 553. The van der Waals surface area contributed by atoms with Gasteiger partial charge in [-0.3, -0.25) is 0 Å². The lowest BCUT2D eigenvalue weighted by molar-refractivity contribution is 0.211. The largest absolute Gasteiger partial charge is 0.464 e. The van der Waals surface area contributed by atoms with Gasteiger partial charge in [-0.05, 0) is 32.9 Å². The molecule has 0 amide bonds. The topological polar surface area (TPSA) is 88.6 Å². The van der Waals surface area contributed by atoms with Crippen LogP contribution in [-0.4, -0.2) is 39.0 Å². The lowest BCUT2D eigenvalue weighted by atomic mass is 10.1. The second-order valence-corrected chi connectivity index (χ2v) is 6.87. The van der Waals surface area contributed by atoms with Gasteiger partial charge < -0.3 is 15.1 Å². The molecular formula is C13H23N3O3S. The minimum absolute atomic E-state index is 0.0377. The molecule has 1 aromatic heterocycles. The molecule has 3 N–H and O–H groups in total. The van der Waals surface area contributed by atoms with Gasteiger partial charge in [0.2, 0.25) is 10.0 Å². The molecule has 1 aliphatic heterocycles. The average molecular weight is 301 g/mol. The summed E-state index contributed by atoms with van der Waals surface area (Å²) in [4.78, 5) is 2.45. The summed E-state index contributed by atoms with van der Waals surface area (Å²) in [6.45, 7) is 6.68. The highest BCUT2D eigenvalue weighted by Crippen LogP contribution is 2.21. The fourth-order valence-corrected chi connectivity index (χ4v) is 4.08. The van der Waals surface area contributed by atoms with Gasteiger partial charge in [-0.15, -0.1) is 0 Å². The number of furan rings is 1. The molecule has 2 rings (SSSR count). The quantitative estimate of drug-likeness (QED) is 0.840. The Kier molecular flexibility index (Phi) is 4.85. The number of likely N-dealkylation sites (tertiary alicyclic amines) is 1. The number of hydrogen-bond acceptors (Lipinski definition) is 5. The summed E-state index contributed by atoms with van der Waals surface area (Å²) in [7, 11) is -3.54. The lowest BCUT2D eigenvalue weighted by Crippen LogP contribution is -2.47. The van der Waals surface area contributed by atoms with Crippen LogP contribution in [0.3, 0.4) is 0 Å². The first-order valence-corrected chi connectivity index (χ1v) is 8.48.